The van der Waals surface area contributed by atoms with Crippen LogP contribution >= 0.6 is 11.3 Å². The topological polar surface area (TPSA) is 76.9 Å². The van der Waals surface area contributed by atoms with E-state index in [1.54, 1.807) is 24.5 Å². The molecule has 29 heavy (non-hydrogen) atoms. The summed E-state index contributed by atoms with van der Waals surface area (Å²) in [7, 11) is 1.69. The van der Waals surface area contributed by atoms with Gasteiger partial charge in [0.25, 0.3) is 5.56 Å². The van der Waals surface area contributed by atoms with Crippen molar-refractivity contribution in [2.24, 2.45) is 7.05 Å². The molecule has 1 N–H and O–H groups in total. The highest BCUT2D eigenvalue weighted by Crippen LogP contribution is 2.23. The van der Waals surface area contributed by atoms with Crippen molar-refractivity contribution in [3.63, 3.8) is 0 Å². The smallest absolute Gasteiger partial charge is 0.261 e. The highest BCUT2D eigenvalue weighted by molar-refractivity contribution is 7.09. The molecule has 146 valence electrons. The van der Waals surface area contributed by atoms with Crippen LogP contribution in [0.5, 0.6) is 0 Å². The number of amides is 1. The van der Waals surface area contributed by atoms with Crippen molar-refractivity contribution in [3.8, 4) is 11.3 Å². The second-order valence-electron chi connectivity index (χ2n) is 6.79. The van der Waals surface area contributed by atoms with E-state index in [9.17, 15) is 9.59 Å². The molecule has 2 aromatic carbocycles. The highest BCUT2D eigenvalue weighted by atomic mass is 32.1. The fourth-order valence-electron chi connectivity index (χ4n) is 3.16. The molecular weight excluding hydrogens is 384 g/mol. The lowest BCUT2D eigenvalue weighted by molar-refractivity contribution is -0.116. The summed E-state index contributed by atoms with van der Waals surface area (Å²) in [6.45, 7) is 1.98. The van der Waals surface area contributed by atoms with Gasteiger partial charge in [-0.2, -0.15) is 0 Å². The predicted octanol–water partition coefficient (Wildman–Crippen LogP) is 3.94. The van der Waals surface area contributed by atoms with Crippen molar-refractivity contribution in [1.29, 1.82) is 0 Å². The van der Waals surface area contributed by atoms with Gasteiger partial charge in [-0.05, 0) is 31.2 Å². The Hall–Kier alpha value is -3.32. The maximum Gasteiger partial charge on any atom is 0.261 e. The Morgan fingerprint density at radius 2 is 1.86 bits per heavy atom. The van der Waals surface area contributed by atoms with E-state index in [2.05, 4.69) is 15.3 Å². The van der Waals surface area contributed by atoms with Gasteiger partial charge in [-0.1, -0.05) is 24.3 Å². The second-order valence-corrected chi connectivity index (χ2v) is 7.85. The van der Waals surface area contributed by atoms with Crippen LogP contribution in [-0.4, -0.2) is 20.4 Å². The molecule has 0 saturated heterocycles. The molecule has 0 unspecified atom stereocenters. The maximum atomic E-state index is 12.5. The van der Waals surface area contributed by atoms with Gasteiger partial charge in [-0.25, -0.2) is 9.97 Å². The zero-order chi connectivity index (χ0) is 20.4. The highest BCUT2D eigenvalue weighted by Gasteiger charge is 2.10. The summed E-state index contributed by atoms with van der Waals surface area (Å²) in [5, 5.41) is 6.52. The molecule has 0 aliphatic rings. The fourth-order valence-corrected chi connectivity index (χ4v) is 3.78. The Morgan fingerprint density at radius 1 is 1.10 bits per heavy atom. The summed E-state index contributed by atoms with van der Waals surface area (Å²) in [5.74, 6) is 0.475. The van der Waals surface area contributed by atoms with E-state index >= 15 is 0 Å². The van der Waals surface area contributed by atoms with Crippen molar-refractivity contribution in [2.45, 2.75) is 19.8 Å². The number of hydrogen-bond acceptors (Lipinski definition) is 5. The van der Waals surface area contributed by atoms with Gasteiger partial charge in [0.2, 0.25) is 5.91 Å². The van der Waals surface area contributed by atoms with Crippen LogP contribution in [0.15, 0.2) is 58.7 Å². The standard InChI is InChI=1S/C22H20N4O2S/c1-14-23-19(13-29-14)15-7-9-16(10-8-15)24-21(27)12-11-20-25-18-6-4-3-5-17(18)22(28)26(20)2/h3-10,13H,11-12H2,1-2H3,(H,24,27). The van der Waals surface area contributed by atoms with E-state index in [0.29, 0.717) is 23.1 Å². The lowest BCUT2D eigenvalue weighted by atomic mass is 10.1. The van der Waals surface area contributed by atoms with E-state index in [-0.39, 0.29) is 17.9 Å². The molecule has 0 atom stereocenters. The Kier molecular flexibility index (Phi) is 5.22. The summed E-state index contributed by atoms with van der Waals surface area (Å²) < 4.78 is 1.51. The number of thiazole rings is 1. The van der Waals surface area contributed by atoms with Crippen molar-refractivity contribution >= 4 is 33.8 Å². The first kappa shape index (κ1) is 19.0. The van der Waals surface area contributed by atoms with Crippen molar-refractivity contribution in [2.75, 3.05) is 5.32 Å². The predicted molar refractivity (Wildman–Crippen MR) is 116 cm³/mol. The number of nitrogens with one attached hydrogen (secondary N) is 1. The number of aromatic nitrogens is 3. The first-order chi connectivity index (χ1) is 14.0. The van der Waals surface area contributed by atoms with E-state index in [1.165, 1.54) is 4.57 Å². The Balaban J connectivity index is 1.42. The number of carbonyl (C=O) groups excluding carboxylic acids is 1. The summed E-state index contributed by atoms with van der Waals surface area (Å²) in [6, 6.07) is 14.9. The third kappa shape index (κ3) is 4.09. The number of hydrogen-bond donors (Lipinski definition) is 1. The molecule has 0 radical (unpaired) electrons. The third-order valence-electron chi connectivity index (χ3n) is 4.73. The molecule has 7 heteroatoms. The number of nitrogens with zero attached hydrogens (tertiary/aromatic N) is 3. The van der Waals surface area contributed by atoms with Gasteiger partial charge >= 0.3 is 0 Å². The van der Waals surface area contributed by atoms with E-state index in [4.69, 9.17) is 0 Å². The molecule has 0 fully saturated rings. The van der Waals surface area contributed by atoms with Gasteiger partial charge in [0.15, 0.2) is 0 Å². The SMILES string of the molecule is Cc1nc(-c2ccc(NC(=O)CCc3nc4ccccc4c(=O)n3C)cc2)cs1. The van der Waals surface area contributed by atoms with Crippen LogP contribution in [0.4, 0.5) is 5.69 Å². The molecule has 2 aromatic heterocycles. The first-order valence-corrected chi connectivity index (χ1v) is 10.2. The molecule has 4 aromatic rings. The Bertz CT molecular complexity index is 1240. The third-order valence-corrected chi connectivity index (χ3v) is 5.51. The minimum Gasteiger partial charge on any atom is -0.326 e. The summed E-state index contributed by atoms with van der Waals surface area (Å²) in [6.07, 6.45) is 0.629. The lowest BCUT2D eigenvalue weighted by Crippen LogP contribution is -2.23. The summed E-state index contributed by atoms with van der Waals surface area (Å²) >= 11 is 1.61. The van der Waals surface area contributed by atoms with E-state index in [1.807, 2.05) is 54.8 Å². The summed E-state index contributed by atoms with van der Waals surface area (Å²) in [4.78, 5) is 33.8. The average Bonchev–Trinajstić information content (AvgIpc) is 3.16. The zero-order valence-corrected chi connectivity index (χ0v) is 17.0. The quantitative estimate of drug-likeness (QED) is 0.547. The molecule has 2 heterocycles. The van der Waals surface area contributed by atoms with Gasteiger partial charge in [0.1, 0.15) is 5.82 Å². The molecule has 0 bridgehead atoms. The minimum atomic E-state index is -0.121. The number of carbonyl (C=O) groups is 1. The van der Waals surface area contributed by atoms with Crippen LogP contribution in [-0.2, 0) is 18.3 Å². The van der Waals surface area contributed by atoms with Crippen LogP contribution in [0.25, 0.3) is 22.2 Å². The number of benzene rings is 2. The minimum absolute atomic E-state index is 0.0983. The van der Waals surface area contributed by atoms with Gasteiger partial charge in [-0.3, -0.25) is 14.2 Å². The molecule has 0 aliphatic heterocycles. The summed E-state index contributed by atoms with van der Waals surface area (Å²) in [5.41, 5.74) is 3.24. The fraction of sp³-hybridized carbons (Fsp3) is 0.182. The normalized spacial score (nSPS) is 11.0. The van der Waals surface area contributed by atoms with Gasteiger partial charge in [0, 0.05) is 36.5 Å². The maximum absolute atomic E-state index is 12.5. The van der Waals surface area contributed by atoms with Crippen LogP contribution in [0.3, 0.4) is 0 Å². The second kappa shape index (κ2) is 7.97. The number of fused-ring (bicyclic) bond motifs is 1. The number of rotatable bonds is 5. The molecule has 0 aliphatic carbocycles. The van der Waals surface area contributed by atoms with Crippen molar-refractivity contribution in [1.82, 2.24) is 14.5 Å². The molecular formula is C22H20N4O2S. The van der Waals surface area contributed by atoms with Crippen molar-refractivity contribution < 1.29 is 4.79 Å². The number of anilines is 1. The molecule has 4 rings (SSSR count). The van der Waals surface area contributed by atoms with Crippen LogP contribution in [0, 0.1) is 6.92 Å². The van der Waals surface area contributed by atoms with E-state index < -0.39 is 0 Å². The molecule has 1 amide bonds. The van der Waals surface area contributed by atoms with E-state index in [0.717, 1.165) is 22.0 Å². The van der Waals surface area contributed by atoms with Gasteiger partial charge in [-0.15, -0.1) is 11.3 Å². The van der Waals surface area contributed by atoms with Crippen LogP contribution in [0.1, 0.15) is 17.3 Å². The molecule has 0 saturated carbocycles. The first-order valence-electron chi connectivity index (χ1n) is 9.28. The largest absolute Gasteiger partial charge is 0.326 e. The average molecular weight is 404 g/mol. The van der Waals surface area contributed by atoms with Crippen LogP contribution in [0.2, 0.25) is 0 Å². The lowest BCUT2D eigenvalue weighted by Gasteiger charge is -2.10. The number of aryl methyl sites for hydroxylation is 2. The van der Waals surface area contributed by atoms with Crippen molar-refractivity contribution in [3.05, 3.63) is 75.1 Å². The molecule has 6 nitrogen and oxygen atoms in total. The van der Waals surface area contributed by atoms with Crippen LogP contribution < -0.4 is 10.9 Å². The number of para-hydroxylation sites is 1. The molecule has 0 spiro atoms. The Morgan fingerprint density at radius 3 is 2.59 bits per heavy atom. The van der Waals surface area contributed by atoms with Gasteiger partial charge in [0.05, 0.1) is 21.6 Å². The monoisotopic (exact) mass is 404 g/mol. The Labute approximate surface area is 171 Å². The van der Waals surface area contributed by atoms with Gasteiger partial charge < -0.3 is 5.32 Å². The zero-order valence-electron chi connectivity index (χ0n) is 16.2.